The molecule has 2 rings (SSSR count). The molecule has 0 aromatic heterocycles. The first-order valence-electron chi connectivity index (χ1n) is 7.19. The molecule has 0 bridgehead atoms. The summed E-state index contributed by atoms with van der Waals surface area (Å²) in [6, 6.07) is 1.02. The molecular weight excluding hydrogens is 212 g/mol. The van der Waals surface area contributed by atoms with Crippen LogP contribution in [0.5, 0.6) is 0 Å². The highest BCUT2D eigenvalue weighted by Crippen LogP contribution is 2.28. The van der Waals surface area contributed by atoms with Crippen molar-refractivity contribution < 1.29 is 4.79 Å². The molecule has 0 spiro atoms. The van der Waals surface area contributed by atoms with E-state index >= 15 is 0 Å². The van der Waals surface area contributed by atoms with Gasteiger partial charge in [-0.1, -0.05) is 13.8 Å². The summed E-state index contributed by atoms with van der Waals surface area (Å²) < 4.78 is 0. The average molecular weight is 238 g/mol. The summed E-state index contributed by atoms with van der Waals surface area (Å²) in [5.41, 5.74) is 0. The van der Waals surface area contributed by atoms with Gasteiger partial charge in [-0.3, -0.25) is 4.79 Å². The molecule has 2 fully saturated rings. The standard InChI is InChI=1S/C14H26N2O/c1-11(2)7-9-16(13-5-6-13)14(17)10-12-4-3-8-15-12/h11-13,15H,3-10H2,1-2H3. The maximum atomic E-state index is 12.3. The molecule has 17 heavy (non-hydrogen) atoms. The quantitative estimate of drug-likeness (QED) is 0.769. The summed E-state index contributed by atoms with van der Waals surface area (Å²) in [7, 11) is 0. The second-order valence-corrected chi connectivity index (χ2v) is 6.00. The number of carbonyl (C=O) groups excluding carboxylic acids is 1. The Hall–Kier alpha value is -0.570. The Morgan fingerprint density at radius 2 is 2.12 bits per heavy atom. The molecule has 3 heteroatoms. The molecule has 1 N–H and O–H groups in total. The van der Waals surface area contributed by atoms with Crippen LogP contribution in [0.3, 0.4) is 0 Å². The van der Waals surface area contributed by atoms with Gasteiger partial charge in [0.05, 0.1) is 0 Å². The molecule has 1 heterocycles. The van der Waals surface area contributed by atoms with Crippen LogP contribution in [-0.2, 0) is 4.79 Å². The van der Waals surface area contributed by atoms with Gasteiger partial charge in [0.2, 0.25) is 5.91 Å². The minimum Gasteiger partial charge on any atom is -0.340 e. The first-order valence-corrected chi connectivity index (χ1v) is 7.19. The van der Waals surface area contributed by atoms with Gasteiger partial charge in [-0.05, 0) is 44.6 Å². The van der Waals surface area contributed by atoms with Crippen molar-refractivity contribution in [3.63, 3.8) is 0 Å². The fraction of sp³-hybridized carbons (Fsp3) is 0.929. The number of amides is 1. The molecule has 0 radical (unpaired) electrons. The summed E-state index contributed by atoms with van der Waals surface area (Å²) in [6.07, 6.45) is 6.71. The van der Waals surface area contributed by atoms with Gasteiger partial charge in [-0.25, -0.2) is 0 Å². The van der Waals surface area contributed by atoms with E-state index in [0.717, 1.165) is 19.5 Å². The third-order valence-corrected chi connectivity index (χ3v) is 3.84. The van der Waals surface area contributed by atoms with Crippen LogP contribution in [0.15, 0.2) is 0 Å². The number of rotatable bonds is 6. The average Bonchev–Trinajstić information content (AvgIpc) is 2.97. The molecule has 1 atom stereocenters. The molecule has 1 unspecified atom stereocenters. The van der Waals surface area contributed by atoms with E-state index in [1.54, 1.807) is 0 Å². The molecule has 1 aliphatic carbocycles. The van der Waals surface area contributed by atoms with Crippen molar-refractivity contribution in [2.24, 2.45) is 5.92 Å². The third-order valence-electron chi connectivity index (χ3n) is 3.84. The molecule has 1 amide bonds. The second kappa shape index (κ2) is 5.85. The molecule has 1 saturated heterocycles. The normalized spacial score (nSPS) is 24.3. The molecule has 3 nitrogen and oxygen atoms in total. The zero-order valence-electron chi connectivity index (χ0n) is 11.2. The highest BCUT2D eigenvalue weighted by atomic mass is 16.2. The van der Waals surface area contributed by atoms with Crippen LogP contribution in [0.4, 0.5) is 0 Å². The van der Waals surface area contributed by atoms with Gasteiger partial charge in [-0.2, -0.15) is 0 Å². The maximum absolute atomic E-state index is 12.3. The van der Waals surface area contributed by atoms with Crippen molar-refractivity contribution in [3.05, 3.63) is 0 Å². The Kier molecular flexibility index (Phi) is 4.43. The topological polar surface area (TPSA) is 32.3 Å². The highest BCUT2D eigenvalue weighted by molar-refractivity contribution is 5.77. The van der Waals surface area contributed by atoms with Gasteiger partial charge in [-0.15, -0.1) is 0 Å². The van der Waals surface area contributed by atoms with E-state index in [9.17, 15) is 4.79 Å². The molecule has 98 valence electrons. The third kappa shape index (κ3) is 3.98. The number of hydrogen-bond donors (Lipinski definition) is 1. The van der Waals surface area contributed by atoms with E-state index in [1.807, 2.05) is 0 Å². The number of nitrogens with one attached hydrogen (secondary N) is 1. The highest BCUT2D eigenvalue weighted by Gasteiger charge is 2.33. The lowest BCUT2D eigenvalue weighted by Gasteiger charge is -2.25. The lowest BCUT2D eigenvalue weighted by atomic mass is 10.1. The summed E-state index contributed by atoms with van der Waals surface area (Å²) >= 11 is 0. The van der Waals surface area contributed by atoms with Gasteiger partial charge in [0.25, 0.3) is 0 Å². The predicted octanol–water partition coefficient (Wildman–Crippen LogP) is 2.17. The van der Waals surface area contributed by atoms with Crippen LogP contribution in [-0.4, -0.2) is 36.0 Å². The second-order valence-electron chi connectivity index (χ2n) is 6.00. The van der Waals surface area contributed by atoms with Gasteiger partial charge in [0, 0.05) is 25.0 Å². The summed E-state index contributed by atoms with van der Waals surface area (Å²) in [4.78, 5) is 14.4. The Balaban J connectivity index is 1.79. The van der Waals surface area contributed by atoms with Crippen molar-refractivity contribution >= 4 is 5.91 Å². The Bertz CT molecular complexity index is 255. The minimum atomic E-state index is 0.382. The van der Waals surface area contributed by atoms with E-state index in [2.05, 4.69) is 24.1 Å². The summed E-state index contributed by atoms with van der Waals surface area (Å²) in [5.74, 6) is 1.07. The van der Waals surface area contributed by atoms with E-state index < -0.39 is 0 Å². The zero-order valence-corrected chi connectivity index (χ0v) is 11.2. The van der Waals surface area contributed by atoms with Crippen molar-refractivity contribution in [1.82, 2.24) is 10.2 Å². The first-order chi connectivity index (χ1) is 8.16. The first kappa shape index (κ1) is 12.9. The van der Waals surface area contributed by atoms with E-state index in [1.165, 1.54) is 25.7 Å². The van der Waals surface area contributed by atoms with Gasteiger partial charge in [0.15, 0.2) is 0 Å². The Morgan fingerprint density at radius 1 is 1.35 bits per heavy atom. The maximum Gasteiger partial charge on any atom is 0.224 e. The smallest absolute Gasteiger partial charge is 0.224 e. The van der Waals surface area contributed by atoms with Crippen LogP contribution in [0.1, 0.15) is 52.4 Å². The monoisotopic (exact) mass is 238 g/mol. The molecule has 2 aliphatic rings. The fourth-order valence-electron chi connectivity index (χ4n) is 2.55. The Morgan fingerprint density at radius 3 is 2.65 bits per heavy atom. The zero-order chi connectivity index (χ0) is 12.3. The van der Waals surface area contributed by atoms with Crippen molar-refractivity contribution in [3.8, 4) is 0 Å². The number of hydrogen-bond acceptors (Lipinski definition) is 2. The number of carbonyl (C=O) groups is 1. The molecule has 0 aromatic rings. The summed E-state index contributed by atoms with van der Waals surface area (Å²) in [6.45, 7) is 6.52. The van der Waals surface area contributed by atoms with Crippen molar-refractivity contribution in [2.45, 2.75) is 64.5 Å². The largest absolute Gasteiger partial charge is 0.340 e. The lowest BCUT2D eigenvalue weighted by Crippen LogP contribution is -2.38. The van der Waals surface area contributed by atoms with Crippen molar-refractivity contribution in [2.75, 3.05) is 13.1 Å². The molecule has 0 aromatic carbocycles. The van der Waals surface area contributed by atoms with E-state index in [-0.39, 0.29) is 0 Å². The van der Waals surface area contributed by atoms with Crippen LogP contribution < -0.4 is 5.32 Å². The van der Waals surface area contributed by atoms with Gasteiger partial charge < -0.3 is 10.2 Å². The van der Waals surface area contributed by atoms with Crippen molar-refractivity contribution in [1.29, 1.82) is 0 Å². The predicted molar refractivity (Wildman–Crippen MR) is 69.8 cm³/mol. The van der Waals surface area contributed by atoms with Crippen LogP contribution >= 0.6 is 0 Å². The van der Waals surface area contributed by atoms with Gasteiger partial charge >= 0.3 is 0 Å². The molecular formula is C14H26N2O. The van der Waals surface area contributed by atoms with Gasteiger partial charge in [0.1, 0.15) is 0 Å². The Labute approximate surface area is 105 Å². The fourth-order valence-corrected chi connectivity index (χ4v) is 2.55. The van der Waals surface area contributed by atoms with Crippen LogP contribution in [0, 0.1) is 5.92 Å². The van der Waals surface area contributed by atoms with E-state index in [4.69, 9.17) is 0 Å². The lowest BCUT2D eigenvalue weighted by molar-refractivity contribution is -0.132. The summed E-state index contributed by atoms with van der Waals surface area (Å²) in [5, 5.41) is 3.42. The number of nitrogens with zero attached hydrogens (tertiary/aromatic N) is 1. The van der Waals surface area contributed by atoms with Crippen LogP contribution in [0.2, 0.25) is 0 Å². The van der Waals surface area contributed by atoms with E-state index in [0.29, 0.717) is 30.3 Å². The molecule has 1 saturated carbocycles. The minimum absolute atomic E-state index is 0.382. The SMILES string of the molecule is CC(C)CCN(C(=O)CC1CCCN1)C1CC1. The van der Waals surface area contributed by atoms with Crippen LogP contribution in [0.25, 0.3) is 0 Å². The molecule has 1 aliphatic heterocycles.